The predicted molar refractivity (Wildman–Crippen MR) is 156 cm³/mol. The number of likely N-dealkylation sites (tertiary alicyclic amines) is 1. The van der Waals surface area contributed by atoms with Gasteiger partial charge >= 0.3 is 0 Å². The minimum atomic E-state index is -0.387. The summed E-state index contributed by atoms with van der Waals surface area (Å²) in [7, 11) is 0. The Balaban J connectivity index is 1.16. The summed E-state index contributed by atoms with van der Waals surface area (Å²) in [6.07, 6.45) is 3.64. The van der Waals surface area contributed by atoms with E-state index in [1.807, 2.05) is 62.1 Å². The molecule has 2 aromatic carbocycles. The molecule has 8 heteroatoms. The fraction of sp³-hybridized carbons (Fsp3) is 0.355. The van der Waals surface area contributed by atoms with Gasteiger partial charge < -0.3 is 15.1 Å². The molecular weight excluding hydrogens is 556 g/mol. The van der Waals surface area contributed by atoms with Crippen LogP contribution in [-0.2, 0) is 9.59 Å². The molecular formula is C31H33BrN4O3. The van der Waals surface area contributed by atoms with E-state index in [1.54, 1.807) is 11.1 Å². The van der Waals surface area contributed by atoms with Gasteiger partial charge in [-0.25, -0.2) is 4.98 Å². The number of hydrogen-bond acceptors (Lipinski definition) is 4. The lowest BCUT2D eigenvalue weighted by Gasteiger charge is -2.32. The molecule has 3 aromatic rings. The lowest BCUT2D eigenvalue weighted by molar-refractivity contribution is -0.122. The monoisotopic (exact) mass is 588 g/mol. The molecule has 5 rings (SSSR count). The van der Waals surface area contributed by atoms with Crippen LogP contribution >= 0.6 is 15.9 Å². The zero-order valence-electron chi connectivity index (χ0n) is 22.5. The molecule has 1 aromatic heterocycles. The Bertz CT molecular complexity index is 1390. The lowest BCUT2D eigenvalue weighted by atomic mass is 9.89. The smallest absolute Gasteiger partial charge is 0.272 e. The Morgan fingerprint density at radius 2 is 1.64 bits per heavy atom. The molecule has 7 nitrogen and oxygen atoms in total. The number of nitrogens with zero attached hydrogens (tertiary/aromatic N) is 3. The van der Waals surface area contributed by atoms with E-state index in [2.05, 4.69) is 38.4 Å². The number of nitrogens with one attached hydrogen (secondary N) is 1. The summed E-state index contributed by atoms with van der Waals surface area (Å²) >= 11 is 3.40. The SMILES string of the molecule is Cc1cc(Br)cnc1C(=O)N1CCC(c2ccc(NC(=O)C3CC(=O)N(c4c(C)cccc4C)C3)cc2)CC1. The van der Waals surface area contributed by atoms with E-state index in [4.69, 9.17) is 0 Å². The van der Waals surface area contributed by atoms with Crippen molar-refractivity contribution < 1.29 is 14.4 Å². The first-order valence-electron chi connectivity index (χ1n) is 13.4. The largest absolute Gasteiger partial charge is 0.337 e. The highest BCUT2D eigenvalue weighted by Gasteiger charge is 2.36. The van der Waals surface area contributed by atoms with Crippen LogP contribution in [0.4, 0.5) is 11.4 Å². The Morgan fingerprint density at radius 1 is 0.974 bits per heavy atom. The Hall–Kier alpha value is -3.52. The molecule has 202 valence electrons. The normalized spacial score (nSPS) is 17.9. The maximum Gasteiger partial charge on any atom is 0.272 e. The second-order valence-electron chi connectivity index (χ2n) is 10.6. The van der Waals surface area contributed by atoms with E-state index in [0.717, 1.165) is 45.4 Å². The van der Waals surface area contributed by atoms with Gasteiger partial charge in [-0.05, 0) is 95.9 Å². The van der Waals surface area contributed by atoms with Gasteiger partial charge in [0.2, 0.25) is 11.8 Å². The van der Waals surface area contributed by atoms with Crippen molar-refractivity contribution in [3.63, 3.8) is 0 Å². The van der Waals surface area contributed by atoms with Crippen molar-refractivity contribution in [2.45, 2.75) is 46.0 Å². The van der Waals surface area contributed by atoms with Crippen molar-refractivity contribution in [3.8, 4) is 0 Å². The molecule has 2 aliphatic rings. The van der Waals surface area contributed by atoms with Crippen LogP contribution in [0.2, 0.25) is 0 Å². The van der Waals surface area contributed by atoms with Gasteiger partial charge in [-0.15, -0.1) is 0 Å². The summed E-state index contributed by atoms with van der Waals surface area (Å²) in [5.74, 6) is -0.191. The van der Waals surface area contributed by atoms with Gasteiger partial charge in [0.05, 0.1) is 5.92 Å². The molecule has 0 radical (unpaired) electrons. The van der Waals surface area contributed by atoms with E-state index in [9.17, 15) is 14.4 Å². The molecule has 1 unspecified atom stereocenters. The number of pyridine rings is 1. The summed E-state index contributed by atoms with van der Waals surface area (Å²) in [5.41, 5.74) is 6.30. The molecule has 2 saturated heterocycles. The Labute approximate surface area is 237 Å². The number of aromatic nitrogens is 1. The van der Waals surface area contributed by atoms with Gasteiger partial charge in [0.15, 0.2) is 0 Å². The molecule has 1 N–H and O–H groups in total. The summed E-state index contributed by atoms with van der Waals surface area (Å²) in [5, 5.41) is 3.00. The second kappa shape index (κ2) is 11.3. The summed E-state index contributed by atoms with van der Waals surface area (Å²) in [4.78, 5) is 46.7. The summed E-state index contributed by atoms with van der Waals surface area (Å²) in [6, 6.07) is 15.9. The number of halogens is 1. The molecule has 0 spiro atoms. The van der Waals surface area contributed by atoms with Crippen molar-refractivity contribution in [2.75, 3.05) is 29.9 Å². The molecule has 2 aliphatic heterocycles. The maximum atomic E-state index is 13.0. The number of hydrogen-bond donors (Lipinski definition) is 1. The third-order valence-electron chi connectivity index (χ3n) is 7.88. The van der Waals surface area contributed by atoms with Crippen molar-refractivity contribution in [1.82, 2.24) is 9.88 Å². The fourth-order valence-corrected chi connectivity index (χ4v) is 6.19. The van der Waals surface area contributed by atoms with Gasteiger partial charge in [0.1, 0.15) is 5.69 Å². The molecule has 1 atom stereocenters. The highest BCUT2D eigenvalue weighted by atomic mass is 79.9. The number of carbonyl (C=O) groups excluding carboxylic acids is 3. The zero-order valence-corrected chi connectivity index (χ0v) is 24.1. The van der Waals surface area contributed by atoms with Gasteiger partial charge in [0.25, 0.3) is 5.91 Å². The highest BCUT2D eigenvalue weighted by molar-refractivity contribution is 9.10. The number of aryl methyl sites for hydroxylation is 3. The van der Waals surface area contributed by atoms with Crippen molar-refractivity contribution in [1.29, 1.82) is 0 Å². The molecule has 3 heterocycles. The van der Waals surface area contributed by atoms with Crippen LogP contribution in [0.15, 0.2) is 59.2 Å². The van der Waals surface area contributed by atoms with Crippen LogP contribution in [0.5, 0.6) is 0 Å². The molecule has 39 heavy (non-hydrogen) atoms. The number of carbonyl (C=O) groups is 3. The number of anilines is 2. The van der Waals surface area contributed by atoms with E-state index in [-0.39, 0.29) is 30.1 Å². The van der Waals surface area contributed by atoms with Crippen molar-refractivity contribution in [2.24, 2.45) is 5.92 Å². The maximum absolute atomic E-state index is 13.0. The number of piperidine rings is 1. The van der Waals surface area contributed by atoms with Gasteiger partial charge in [0, 0.05) is 48.1 Å². The van der Waals surface area contributed by atoms with Gasteiger partial charge in [-0.1, -0.05) is 30.3 Å². The van der Waals surface area contributed by atoms with Crippen molar-refractivity contribution in [3.05, 3.63) is 87.1 Å². The van der Waals surface area contributed by atoms with E-state index < -0.39 is 0 Å². The van der Waals surface area contributed by atoms with E-state index in [1.165, 1.54) is 5.56 Å². The average Bonchev–Trinajstić information content (AvgIpc) is 3.30. The third kappa shape index (κ3) is 5.76. The quantitative estimate of drug-likeness (QED) is 0.409. The van der Waals surface area contributed by atoms with Crippen LogP contribution in [-0.4, -0.2) is 47.2 Å². The number of rotatable bonds is 5. The van der Waals surface area contributed by atoms with E-state index in [0.29, 0.717) is 31.2 Å². The van der Waals surface area contributed by atoms with Crippen LogP contribution in [0.3, 0.4) is 0 Å². The third-order valence-corrected chi connectivity index (χ3v) is 8.32. The highest BCUT2D eigenvalue weighted by Crippen LogP contribution is 2.32. The van der Waals surface area contributed by atoms with Crippen LogP contribution in [0.25, 0.3) is 0 Å². The first-order chi connectivity index (χ1) is 18.7. The molecule has 0 bridgehead atoms. The first-order valence-corrected chi connectivity index (χ1v) is 14.2. The van der Waals surface area contributed by atoms with Crippen LogP contribution < -0.4 is 10.2 Å². The fourth-order valence-electron chi connectivity index (χ4n) is 5.74. The minimum absolute atomic E-state index is 0.0150. The first kappa shape index (κ1) is 27.1. The lowest BCUT2D eigenvalue weighted by Crippen LogP contribution is -2.38. The van der Waals surface area contributed by atoms with Crippen LogP contribution in [0, 0.1) is 26.7 Å². The Kier molecular flexibility index (Phi) is 7.84. The second-order valence-corrected chi connectivity index (χ2v) is 11.6. The number of para-hydroxylation sites is 1. The van der Waals surface area contributed by atoms with E-state index >= 15 is 0 Å². The molecule has 0 saturated carbocycles. The number of benzene rings is 2. The Morgan fingerprint density at radius 3 is 2.28 bits per heavy atom. The topological polar surface area (TPSA) is 82.6 Å². The zero-order chi connectivity index (χ0) is 27.7. The van der Waals surface area contributed by atoms with Crippen LogP contribution in [0.1, 0.15) is 57.9 Å². The summed E-state index contributed by atoms with van der Waals surface area (Å²) in [6.45, 7) is 7.65. The molecule has 3 amide bonds. The van der Waals surface area contributed by atoms with Crippen molar-refractivity contribution >= 4 is 45.0 Å². The average molecular weight is 590 g/mol. The van der Waals surface area contributed by atoms with Gasteiger partial charge in [-0.2, -0.15) is 0 Å². The molecule has 2 fully saturated rings. The summed E-state index contributed by atoms with van der Waals surface area (Å²) < 4.78 is 0.867. The standard InChI is InChI=1S/C31H33BrN4O3/c1-19-5-4-6-20(2)29(19)36-18-24(16-27(36)37)30(38)34-26-9-7-22(8-10-26)23-11-13-35(14-12-23)31(39)28-21(3)15-25(32)17-33-28/h4-10,15,17,23-24H,11-14,16,18H2,1-3H3,(H,34,38). The number of amides is 3. The molecule has 0 aliphatic carbocycles. The predicted octanol–water partition coefficient (Wildman–Crippen LogP) is 5.78. The van der Waals surface area contributed by atoms with Gasteiger partial charge in [-0.3, -0.25) is 14.4 Å². The minimum Gasteiger partial charge on any atom is -0.337 e.